The molecule has 0 aliphatic rings. The summed E-state index contributed by atoms with van der Waals surface area (Å²) < 4.78 is 16.4. The minimum Gasteiger partial charge on any atom is -0.507 e. The van der Waals surface area contributed by atoms with E-state index >= 15 is 0 Å². The average molecular weight is 340 g/mol. The molecule has 5 heteroatoms. The molecule has 25 heavy (non-hydrogen) atoms. The van der Waals surface area contributed by atoms with E-state index in [9.17, 15) is 9.90 Å². The summed E-state index contributed by atoms with van der Waals surface area (Å²) in [5.74, 6) is 0.735. The number of phenolic OH excluding ortho intramolecular Hbond substituents is 1. The van der Waals surface area contributed by atoms with Gasteiger partial charge in [-0.1, -0.05) is 44.2 Å². The molecule has 1 aromatic heterocycles. The SMILES string of the molecule is COCOc1cc2oc(-c3ccccc3)cc(=O)c2c(O)c1C(C)C. The Kier molecular flexibility index (Phi) is 4.76. The number of ether oxygens (including phenoxy) is 2. The number of methoxy groups -OCH3 is 1. The van der Waals surface area contributed by atoms with Crippen LogP contribution in [0.2, 0.25) is 0 Å². The monoisotopic (exact) mass is 340 g/mol. The van der Waals surface area contributed by atoms with E-state index in [1.54, 1.807) is 6.07 Å². The van der Waals surface area contributed by atoms with Gasteiger partial charge in [-0.3, -0.25) is 4.79 Å². The van der Waals surface area contributed by atoms with Gasteiger partial charge < -0.3 is 19.0 Å². The van der Waals surface area contributed by atoms with Crippen LogP contribution < -0.4 is 10.2 Å². The molecular weight excluding hydrogens is 320 g/mol. The number of hydrogen-bond donors (Lipinski definition) is 1. The lowest BCUT2D eigenvalue weighted by Gasteiger charge is -2.17. The summed E-state index contributed by atoms with van der Waals surface area (Å²) in [4.78, 5) is 12.6. The molecule has 0 radical (unpaired) electrons. The van der Waals surface area contributed by atoms with E-state index in [0.29, 0.717) is 17.1 Å². The van der Waals surface area contributed by atoms with E-state index in [-0.39, 0.29) is 34.9 Å². The molecule has 3 aromatic rings. The van der Waals surface area contributed by atoms with Crippen LogP contribution in [0.3, 0.4) is 0 Å². The summed E-state index contributed by atoms with van der Waals surface area (Å²) in [6.45, 7) is 3.87. The van der Waals surface area contributed by atoms with E-state index in [1.807, 2.05) is 44.2 Å². The molecule has 0 unspecified atom stereocenters. The van der Waals surface area contributed by atoms with Gasteiger partial charge in [0, 0.05) is 30.4 Å². The Balaban J connectivity index is 2.27. The fourth-order valence-corrected chi connectivity index (χ4v) is 2.84. The van der Waals surface area contributed by atoms with Crippen LogP contribution in [0.15, 0.2) is 51.7 Å². The maximum absolute atomic E-state index is 12.6. The third kappa shape index (κ3) is 3.23. The molecule has 0 amide bonds. The van der Waals surface area contributed by atoms with Crippen molar-refractivity contribution in [3.8, 4) is 22.8 Å². The molecular formula is C20H20O5. The van der Waals surface area contributed by atoms with Crippen LogP contribution in [0, 0.1) is 0 Å². The van der Waals surface area contributed by atoms with Gasteiger partial charge in [0.25, 0.3) is 0 Å². The predicted molar refractivity (Wildman–Crippen MR) is 96.2 cm³/mol. The van der Waals surface area contributed by atoms with Crippen molar-refractivity contribution in [1.82, 2.24) is 0 Å². The number of rotatable bonds is 5. The maximum atomic E-state index is 12.6. The van der Waals surface area contributed by atoms with E-state index in [0.717, 1.165) is 5.56 Å². The lowest BCUT2D eigenvalue weighted by molar-refractivity contribution is 0.0501. The molecule has 0 aliphatic heterocycles. The molecule has 0 aliphatic carbocycles. The zero-order valence-corrected chi connectivity index (χ0v) is 14.4. The fourth-order valence-electron chi connectivity index (χ4n) is 2.84. The molecule has 3 rings (SSSR count). The topological polar surface area (TPSA) is 68.9 Å². The summed E-state index contributed by atoms with van der Waals surface area (Å²) in [5, 5.41) is 10.8. The first-order valence-corrected chi connectivity index (χ1v) is 8.03. The Morgan fingerprint density at radius 3 is 2.52 bits per heavy atom. The predicted octanol–water partition coefficient (Wildman–Crippen LogP) is 4.27. The van der Waals surface area contributed by atoms with Crippen LogP contribution in [-0.2, 0) is 4.74 Å². The highest BCUT2D eigenvalue weighted by atomic mass is 16.7. The van der Waals surface area contributed by atoms with Crippen LogP contribution in [0.4, 0.5) is 0 Å². The van der Waals surface area contributed by atoms with Crippen LogP contribution in [-0.4, -0.2) is 19.0 Å². The van der Waals surface area contributed by atoms with Gasteiger partial charge in [0.1, 0.15) is 28.2 Å². The number of benzene rings is 2. The van der Waals surface area contributed by atoms with Crippen molar-refractivity contribution < 1.29 is 19.0 Å². The van der Waals surface area contributed by atoms with Gasteiger partial charge in [0.2, 0.25) is 0 Å². The van der Waals surface area contributed by atoms with Gasteiger partial charge in [0.05, 0.1) is 0 Å². The molecule has 0 saturated carbocycles. The highest BCUT2D eigenvalue weighted by Gasteiger charge is 2.21. The summed E-state index contributed by atoms with van der Waals surface area (Å²) in [6, 6.07) is 12.4. The van der Waals surface area contributed by atoms with Crippen molar-refractivity contribution in [2.24, 2.45) is 0 Å². The van der Waals surface area contributed by atoms with Crippen LogP contribution in [0.25, 0.3) is 22.3 Å². The van der Waals surface area contributed by atoms with E-state index in [1.165, 1.54) is 13.2 Å². The van der Waals surface area contributed by atoms with E-state index < -0.39 is 0 Å². The van der Waals surface area contributed by atoms with Gasteiger partial charge in [0.15, 0.2) is 12.2 Å². The molecule has 130 valence electrons. The first-order valence-electron chi connectivity index (χ1n) is 8.03. The zero-order chi connectivity index (χ0) is 18.0. The Bertz CT molecular complexity index is 942. The zero-order valence-electron chi connectivity index (χ0n) is 14.4. The minimum atomic E-state index is -0.294. The number of fused-ring (bicyclic) bond motifs is 1. The van der Waals surface area contributed by atoms with Crippen molar-refractivity contribution in [2.45, 2.75) is 19.8 Å². The van der Waals surface area contributed by atoms with Crippen molar-refractivity contribution in [3.63, 3.8) is 0 Å². The number of phenols is 1. The van der Waals surface area contributed by atoms with Gasteiger partial charge >= 0.3 is 0 Å². The normalized spacial score (nSPS) is 11.2. The summed E-state index contributed by atoms with van der Waals surface area (Å²) in [7, 11) is 1.52. The van der Waals surface area contributed by atoms with Gasteiger partial charge in [-0.25, -0.2) is 0 Å². The first kappa shape index (κ1) is 17.0. The molecule has 0 spiro atoms. The molecule has 0 atom stereocenters. The van der Waals surface area contributed by atoms with Crippen LogP contribution >= 0.6 is 0 Å². The Hall–Kier alpha value is -2.79. The molecule has 1 N–H and O–H groups in total. The third-order valence-corrected chi connectivity index (χ3v) is 3.96. The number of hydrogen-bond acceptors (Lipinski definition) is 5. The van der Waals surface area contributed by atoms with E-state index in [2.05, 4.69) is 0 Å². The second-order valence-corrected chi connectivity index (χ2v) is 6.06. The molecule has 1 heterocycles. The first-order chi connectivity index (χ1) is 12.0. The largest absolute Gasteiger partial charge is 0.507 e. The Labute approximate surface area is 145 Å². The molecule has 0 saturated heterocycles. The lowest BCUT2D eigenvalue weighted by Crippen LogP contribution is -2.07. The molecule has 0 fully saturated rings. The van der Waals surface area contributed by atoms with Gasteiger partial charge in [-0.05, 0) is 5.92 Å². The molecule has 5 nitrogen and oxygen atoms in total. The summed E-state index contributed by atoms with van der Waals surface area (Å²) >= 11 is 0. The fraction of sp³-hybridized carbons (Fsp3) is 0.250. The van der Waals surface area contributed by atoms with Gasteiger partial charge in [-0.2, -0.15) is 0 Å². The highest BCUT2D eigenvalue weighted by molar-refractivity contribution is 5.88. The van der Waals surface area contributed by atoms with Crippen LogP contribution in [0.1, 0.15) is 25.3 Å². The lowest BCUT2D eigenvalue weighted by atomic mass is 9.98. The van der Waals surface area contributed by atoms with E-state index in [4.69, 9.17) is 13.9 Å². The smallest absolute Gasteiger partial charge is 0.197 e. The van der Waals surface area contributed by atoms with Crippen molar-refractivity contribution >= 4 is 11.0 Å². The second-order valence-electron chi connectivity index (χ2n) is 6.06. The third-order valence-electron chi connectivity index (χ3n) is 3.96. The Morgan fingerprint density at radius 1 is 1.16 bits per heavy atom. The standard InChI is InChI=1S/C20H20O5/c1-12(2)18-16(24-11-23-3)10-17-19(20(18)22)14(21)9-15(25-17)13-7-5-4-6-8-13/h4-10,12,22H,11H2,1-3H3. The average Bonchev–Trinajstić information content (AvgIpc) is 2.59. The van der Waals surface area contributed by atoms with Crippen molar-refractivity contribution in [1.29, 1.82) is 0 Å². The quantitative estimate of drug-likeness (QED) is 0.702. The molecule has 2 aromatic carbocycles. The minimum absolute atomic E-state index is 0.0350. The number of aromatic hydroxyl groups is 1. The Morgan fingerprint density at radius 2 is 1.88 bits per heavy atom. The van der Waals surface area contributed by atoms with Crippen LogP contribution in [0.5, 0.6) is 11.5 Å². The van der Waals surface area contributed by atoms with Gasteiger partial charge in [-0.15, -0.1) is 0 Å². The summed E-state index contributed by atoms with van der Waals surface area (Å²) in [5.41, 5.74) is 1.33. The maximum Gasteiger partial charge on any atom is 0.197 e. The highest BCUT2D eigenvalue weighted by Crippen LogP contribution is 2.40. The molecule has 0 bridgehead atoms. The second kappa shape index (κ2) is 6.99. The van der Waals surface area contributed by atoms with Crippen molar-refractivity contribution in [2.75, 3.05) is 13.9 Å². The van der Waals surface area contributed by atoms with Crippen molar-refractivity contribution in [3.05, 3.63) is 58.3 Å². The summed E-state index contributed by atoms with van der Waals surface area (Å²) in [6.07, 6.45) is 0.